The Morgan fingerprint density at radius 2 is 1.58 bits per heavy atom. The molecule has 3 atom stereocenters. The molecule has 13 nitrogen and oxygen atoms in total. The average molecular weight is 748 g/mol. The maximum Gasteiger partial charge on any atom is 0.359 e. The van der Waals surface area contributed by atoms with Crippen LogP contribution >= 0.6 is 23.5 Å². The third-order valence-corrected chi connectivity index (χ3v) is 15.4. The van der Waals surface area contributed by atoms with E-state index in [1.54, 1.807) is 20.8 Å². The van der Waals surface area contributed by atoms with Gasteiger partial charge in [-0.15, -0.1) is 11.8 Å². The van der Waals surface area contributed by atoms with E-state index in [0.29, 0.717) is 23.1 Å². The second-order valence-corrected chi connectivity index (χ2v) is 21.4. The van der Waals surface area contributed by atoms with E-state index in [4.69, 9.17) is 13.9 Å². The molecule has 0 bridgehead atoms. The zero-order valence-electron chi connectivity index (χ0n) is 30.0. The lowest BCUT2D eigenvalue weighted by Crippen LogP contribution is -2.64. The van der Waals surface area contributed by atoms with Gasteiger partial charge in [0.1, 0.15) is 12.4 Å². The highest BCUT2D eigenvalue weighted by Crippen LogP contribution is 2.46. The fraction of sp³-hybridized carbons (Fsp3) is 0.500. The van der Waals surface area contributed by atoms with E-state index in [0.717, 1.165) is 6.07 Å². The number of esters is 1. The molecule has 1 fully saturated rings. The molecular weight excluding hydrogens is 703 g/mol. The van der Waals surface area contributed by atoms with Gasteiger partial charge < -0.3 is 13.9 Å². The summed E-state index contributed by atoms with van der Waals surface area (Å²) in [5.41, 5.74) is -1.25. The van der Waals surface area contributed by atoms with Gasteiger partial charge in [-0.05, 0) is 66.3 Å². The number of hydrogen-bond acceptors (Lipinski definition) is 12. The smallest absolute Gasteiger partial charge is 0.359 e. The van der Waals surface area contributed by atoms with Gasteiger partial charge in [0.2, 0.25) is 11.0 Å². The maximum absolute atomic E-state index is 14.2. The maximum atomic E-state index is 14.2. The minimum Gasteiger partial charge on any atom is -0.456 e. The van der Waals surface area contributed by atoms with Crippen molar-refractivity contribution in [3.63, 3.8) is 0 Å². The van der Waals surface area contributed by atoms with Gasteiger partial charge in [-0.3, -0.25) is 34.7 Å². The molecule has 1 saturated heterocycles. The first-order chi connectivity index (χ1) is 23.1. The Hall–Kier alpha value is -3.73. The number of β-lactam (4-membered cyclic amide) rings is 1. The number of rotatable bonds is 14. The average Bonchev–Trinajstić information content (AvgIpc) is 3.01. The van der Waals surface area contributed by atoms with Crippen molar-refractivity contribution in [1.82, 2.24) is 4.90 Å². The number of ether oxygens (including phenoxy) is 2. The van der Waals surface area contributed by atoms with Crippen molar-refractivity contribution in [2.75, 3.05) is 5.75 Å². The zero-order chi connectivity index (χ0) is 37.8. The summed E-state index contributed by atoms with van der Waals surface area (Å²) in [6.45, 7) is 19.0. The Balaban J connectivity index is 2.17. The fourth-order valence-corrected chi connectivity index (χ4v) is 8.12. The standard InChI is InChI=1S/C34H45N3O10S2Si/c1-11-48-29-26(21(2)47-50(9,10)34(6,7)8)28(38)35(29)27(30(39)45-20-22-15-17-23(18-16-22)36(41)42)31(49-32(40)33(3,4)5)46-25-14-12-13-24(19-25)37(43)44/h12-19,21,26,29H,11,20H2,1-10H3/t21-,26+,29-/m1/s1. The molecule has 1 aliphatic heterocycles. The van der Waals surface area contributed by atoms with E-state index in [9.17, 15) is 34.6 Å². The van der Waals surface area contributed by atoms with Crippen molar-refractivity contribution in [3.8, 4) is 5.75 Å². The molecule has 3 rings (SSSR count). The van der Waals surface area contributed by atoms with Crippen LogP contribution in [0, 0.1) is 31.6 Å². The molecule has 0 spiro atoms. The highest BCUT2D eigenvalue weighted by atomic mass is 32.2. The van der Waals surface area contributed by atoms with E-state index >= 15 is 0 Å². The number of thioether (sulfide) groups is 2. The summed E-state index contributed by atoms with van der Waals surface area (Å²) in [5.74, 6) is -1.55. The summed E-state index contributed by atoms with van der Waals surface area (Å²) in [4.78, 5) is 64.7. The summed E-state index contributed by atoms with van der Waals surface area (Å²) in [6, 6.07) is 10.7. The van der Waals surface area contributed by atoms with Gasteiger partial charge in [0.05, 0.1) is 33.3 Å². The van der Waals surface area contributed by atoms with Gasteiger partial charge >= 0.3 is 5.97 Å². The number of carbonyl (C=O) groups excluding carboxylic acids is 3. The van der Waals surface area contributed by atoms with Gasteiger partial charge in [-0.1, -0.05) is 54.5 Å². The number of likely N-dealkylation sites (tertiary alicyclic amines) is 1. The molecule has 1 aliphatic rings. The predicted octanol–water partition coefficient (Wildman–Crippen LogP) is 8.05. The van der Waals surface area contributed by atoms with Gasteiger partial charge in [0.15, 0.2) is 19.1 Å². The second-order valence-electron chi connectivity index (χ2n) is 14.3. The molecule has 2 aromatic carbocycles. The van der Waals surface area contributed by atoms with Crippen molar-refractivity contribution < 1.29 is 38.1 Å². The number of nitro groups is 2. The summed E-state index contributed by atoms with van der Waals surface area (Å²) in [5, 5.41) is 21.3. The molecule has 272 valence electrons. The Morgan fingerprint density at radius 3 is 2.10 bits per heavy atom. The highest BCUT2D eigenvalue weighted by molar-refractivity contribution is 8.16. The number of amides is 1. The van der Waals surface area contributed by atoms with E-state index in [-0.39, 0.29) is 39.6 Å². The number of benzene rings is 2. The van der Waals surface area contributed by atoms with Gasteiger partial charge in [0.25, 0.3) is 11.4 Å². The number of nitro benzene ring substituents is 2. The Bertz CT molecular complexity index is 1650. The quantitative estimate of drug-likeness (QED) is 0.0347. The van der Waals surface area contributed by atoms with Crippen molar-refractivity contribution in [2.45, 2.75) is 91.6 Å². The molecule has 2 aromatic rings. The van der Waals surface area contributed by atoms with Crippen LogP contribution in [0.15, 0.2) is 59.3 Å². The second kappa shape index (κ2) is 16.1. The third kappa shape index (κ3) is 9.73. The number of hydrogen-bond donors (Lipinski definition) is 0. The van der Waals surface area contributed by atoms with Crippen LogP contribution in [0.25, 0.3) is 0 Å². The number of nitrogens with zero attached hydrogens (tertiary/aromatic N) is 3. The molecule has 50 heavy (non-hydrogen) atoms. The molecule has 0 saturated carbocycles. The molecular formula is C34H45N3O10S2Si. The van der Waals surface area contributed by atoms with E-state index < -0.39 is 58.0 Å². The van der Waals surface area contributed by atoms with Crippen molar-refractivity contribution in [3.05, 3.63) is 85.1 Å². The first-order valence-electron chi connectivity index (χ1n) is 16.0. The summed E-state index contributed by atoms with van der Waals surface area (Å²) >= 11 is 2.01. The largest absolute Gasteiger partial charge is 0.456 e. The minimum atomic E-state index is -2.31. The van der Waals surface area contributed by atoms with Crippen molar-refractivity contribution >= 4 is 60.2 Å². The molecule has 0 unspecified atom stereocenters. The number of carbonyl (C=O) groups is 3. The Kier molecular flexibility index (Phi) is 13.1. The van der Waals surface area contributed by atoms with Crippen LogP contribution in [0.4, 0.5) is 11.4 Å². The molecule has 0 aliphatic carbocycles. The van der Waals surface area contributed by atoms with Crippen LogP contribution in [-0.4, -0.2) is 57.3 Å². The molecule has 0 radical (unpaired) electrons. The molecule has 0 N–H and O–H groups in total. The van der Waals surface area contributed by atoms with Gasteiger partial charge in [-0.2, -0.15) is 0 Å². The summed E-state index contributed by atoms with van der Waals surface area (Å²) < 4.78 is 18.4. The van der Waals surface area contributed by atoms with Gasteiger partial charge in [-0.25, -0.2) is 4.79 Å². The summed E-state index contributed by atoms with van der Waals surface area (Å²) in [6.07, 6.45) is -0.508. The minimum absolute atomic E-state index is 0.0390. The van der Waals surface area contributed by atoms with Crippen LogP contribution in [0.3, 0.4) is 0 Å². The van der Waals surface area contributed by atoms with E-state index in [1.807, 2.05) is 13.8 Å². The normalized spacial score (nSPS) is 17.7. The van der Waals surface area contributed by atoms with Crippen molar-refractivity contribution in [1.29, 1.82) is 0 Å². The van der Waals surface area contributed by atoms with Crippen LogP contribution in [-0.2, 0) is 30.2 Å². The fourth-order valence-electron chi connectivity index (χ4n) is 4.55. The molecule has 1 amide bonds. The molecule has 1 heterocycles. The first kappa shape index (κ1) is 40.7. The SMILES string of the molecule is CCS[C@@H]1[C@@H]([C@@H](C)O[Si](C)(C)C(C)(C)C)C(=O)N1C(C(=O)OCc1ccc([N+](=O)[O-])cc1)=C(Oc1cccc([N+](=O)[O-])c1)SC(=O)C(C)(C)C. The first-order valence-corrected chi connectivity index (χ1v) is 20.8. The lowest BCUT2D eigenvalue weighted by molar-refractivity contribution is -0.385. The lowest BCUT2D eigenvalue weighted by Gasteiger charge is -2.51. The van der Waals surface area contributed by atoms with Crippen LogP contribution in [0.1, 0.15) is 61.0 Å². The van der Waals surface area contributed by atoms with Crippen LogP contribution < -0.4 is 4.74 Å². The van der Waals surface area contributed by atoms with E-state index in [2.05, 4.69) is 33.9 Å². The van der Waals surface area contributed by atoms with Crippen LogP contribution in [0.5, 0.6) is 5.75 Å². The topological polar surface area (TPSA) is 168 Å². The molecule has 0 aromatic heterocycles. The highest BCUT2D eigenvalue weighted by Gasteiger charge is 2.56. The van der Waals surface area contributed by atoms with E-state index in [1.165, 1.54) is 59.1 Å². The lowest BCUT2D eigenvalue weighted by atomic mass is 9.92. The van der Waals surface area contributed by atoms with Crippen LogP contribution in [0.2, 0.25) is 18.1 Å². The molecule has 16 heteroatoms. The van der Waals surface area contributed by atoms with Crippen molar-refractivity contribution in [2.24, 2.45) is 11.3 Å². The Morgan fingerprint density at radius 1 is 0.980 bits per heavy atom. The zero-order valence-corrected chi connectivity index (χ0v) is 32.6. The predicted molar refractivity (Wildman–Crippen MR) is 196 cm³/mol. The number of non-ortho nitro benzene ring substituents is 2. The Labute approximate surface area is 301 Å². The van der Waals surface area contributed by atoms with Gasteiger partial charge in [0, 0.05) is 23.6 Å². The summed E-state index contributed by atoms with van der Waals surface area (Å²) in [7, 11) is -2.31. The monoisotopic (exact) mass is 747 g/mol. The third-order valence-electron chi connectivity index (χ3n) is 8.40.